The van der Waals surface area contributed by atoms with E-state index in [-0.39, 0.29) is 0 Å². The van der Waals surface area contributed by atoms with Gasteiger partial charge in [-0.1, -0.05) is 11.6 Å². The van der Waals surface area contributed by atoms with Crippen molar-refractivity contribution in [1.29, 1.82) is 0 Å². The molecule has 0 unspecified atom stereocenters. The number of aldehydes is 1. The molecule has 0 saturated heterocycles. The van der Waals surface area contributed by atoms with Crippen LogP contribution in [0.15, 0.2) is 23.6 Å². The molecule has 76 valence electrons. The number of hydrogen-bond donors (Lipinski definition) is 0. The molecule has 0 atom stereocenters. The van der Waals surface area contributed by atoms with Crippen LogP contribution in [0.4, 0.5) is 4.39 Å². The van der Waals surface area contributed by atoms with Crippen LogP contribution in [-0.2, 0) is 0 Å². The van der Waals surface area contributed by atoms with Crippen molar-refractivity contribution in [3.05, 3.63) is 40.1 Å². The van der Waals surface area contributed by atoms with Gasteiger partial charge in [-0.3, -0.25) is 4.79 Å². The zero-order chi connectivity index (χ0) is 10.8. The quantitative estimate of drug-likeness (QED) is 0.754. The average Bonchev–Trinajstić information content (AvgIpc) is 2.66. The number of carbonyl (C=O) groups is 1. The summed E-state index contributed by atoms with van der Waals surface area (Å²) in [5.74, 6) is -0.436. The van der Waals surface area contributed by atoms with Gasteiger partial charge in [-0.25, -0.2) is 9.37 Å². The number of carbonyl (C=O) groups excluding carboxylic acids is 1. The van der Waals surface area contributed by atoms with E-state index in [9.17, 15) is 9.18 Å². The third-order valence-electron chi connectivity index (χ3n) is 1.80. The van der Waals surface area contributed by atoms with Crippen LogP contribution in [0, 0.1) is 5.82 Å². The molecule has 0 spiro atoms. The fraction of sp³-hybridized carbons (Fsp3) is 0. The van der Waals surface area contributed by atoms with Crippen LogP contribution in [0.5, 0.6) is 0 Å². The molecule has 0 bridgehead atoms. The van der Waals surface area contributed by atoms with Gasteiger partial charge in [0, 0.05) is 16.0 Å². The minimum Gasteiger partial charge on any atom is -0.296 e. The van der Waals surface area contributed by atoms with E-state index in [2.05, 4.69) is 4.98 Å². The first-order valence-electron chi connectivity index (χ1n) is 4.07. The number of thiazole rings is 1. The average molecular weight is 242 g/mol. The lowest BCUT2D eigenvalue weighted by molar-refractivity contribution is 0.111. The minimum absolute atomic E-state index is 0.310. The van der Waals surface area contributed by atoms with E-state index >= 15 is 0 Å². The lowest BCUT2D eigenvalue weighted by Gasteiger charge is -1.98. The van der Waals surface area contributed by atoms with Crippen molar-refractivity contribution in [2.24, 2.45) is 0 Å². The molecular formula is C10H5ClFNOS. The molecule has 0 aliphatic heterocycles. The summed E-state index contributed by atoms with van der Waals surface area (Å²) in [7, 11) is 0. The highest BCUT2D eigenvalue weighted by atomic mass is 35.5. The molecule has 1 aromatic heterocycles. The van der Waals surface area contributed by atoms with E-state index in [1.165, 1.54) is 17.4 Å². The molecule has 2 rings (SSSR count). The molecule has 5 heteroatoms. The Balaban J connectivity index is 2.49. The van der Waals surface area contributed by atoms with Gasteiger partial charge in [0.1, 0.15) is 16.5 Å². The molecule has 0 aliphatic rings. The van der Waals surface area contributed by atoms with E-state index in [0.717, 1.165) is 0 Å². The second-order valence-corrected chi connectivity index (χ2v) is 4.11. The Morgan fingerprint density at radius 2 is 2.27 bits per heavy atom. The number of nitrogens with zero attached hydrogens (tertiary/aromatic N) is 1. The van der Waals surface area contributed by atoms with Crippen LogP contribution in [0.25, 0.3) is 10.6 Å². The summed E-state index contributed by atoms with van der Waals surface area (Å²) in [6.45, 7) is 0. The standard InChI is InChI=1S/C10H5ClFNOS/c11-6-1-2-8(9(12)3-6)10-13-7(4-14)5-15-10/h1-5H. The first kappa shape index (κ1) is 10.3. The largest absolute Gasteiger partial charge is 0.296 e. The maximum Gasteiger partial charge on any atom is 0.169 e. The molecule has 0 saturated carbocycles. The highest BCUT2D eigenvalue weighted by molar-refractivity contribution is 7.13. The summed E-state index contributed by atoms with van der Waals surface area (Å²) < 4.78 is 13.4. The number of hydrogen-bond acceptors (Lipinski definition) is 3. The van der Waals surface area contributed by atoms with Crippen LogP contribution in [0.1, 0.15) is 10.5 Å². The number of rotatable bonds is 2. The molecular weight excluding hydrogens is 237 g/mol. The van der Waals surface area contributed by atoms with Crippen molar-refractivity contribution < 1.29 is 9.18 Å². The van der Waals surface area contributed by atoms with Crippen LogP contribution >= 0.6 is 22.9 Å². The molecule has 1 aromatic carbocycles. The van der Waals surface area contributed by atoms with Crippen molar-refractivity contribution in [1.82, 2.24) is 4.98 Å². The Labute approximate surface area is 94.3 Å². The Hall–Kier alpha value is -1.26. The van der Waals surface area contributed by atoms with Gasteiger partial charge in [-0.2, -0.15) is 0 Å². The number of benzene rings is 1. The predicted octanol–water partition coefficient (Wildman–Crippen LogP) is 3.42. The molecule has 2 nitrogen and oxygen atoms in total. The monoisotopic (exact) mass is 241 g/mol. The van der Waals surface area contributed by atoms with Gasteiger partial charge in [0.25, 0.3) is 0 Å². The van der Waals surface area contributed by atoms with Gasteiger partial charge in [0.2, 0.25) is 0 Å². The van der Waals surface area contributed by atoms with E-state index in [1.54, 1.807) is 17.5 Å². The Kier molecular flexibility index (Phi) is 2.79. The summed E-state index contributed by atoms with van der Waals surface area (Å²) in [5.41, 5.74) is 0.668. The summed E-state index contributed by atoms with van der Waals surface area (Å²) in [6.07, 6.45) is 0.633. The van der Waals surface area contributed by atoms with E-state index in [0.29, 0.717) is 27.6 Å². The van der Waals surface area contributed by atoms with E-state index < -0.39 is 5.82 Å². The zero-order valence-electron chi connectivity index (χ0n) is 7.41. The van der Waals surface area contributed by atoms with E-state index in [1.807, 2.05) is 0 Å². The Bertz CT molecular complexity index is 512. The van der Waals surface area contributed by atoms with Gasteiger partial charge >= 0.3 is 0 Å². The van der Waals surface area contributed by atoms with Crippen LogP contribution in [0.3, 0.4) is 0 Å². The molecule has 0 radical (unpaired) electrons. The Morgan fingerprint density at radius 1 is 1.47 bits per heavy atom. The van der Waals surface area contributed by atoms with Crippen molar-refractivity contribution in [2.45, 2.75) is 0 Å². The fourth-order valence-electron chi connectivity index (χ4n) is 1.13. The third-order valence-corrected chi connectivity index (χ3v) is 2.93. The maximum atomic E-state index is 13.4. The molecule has 0 N–H and O–H groups in total. The van der Waals surface area contributed by atoms with Crippen molar-refractivity contribution >= 4 is 29.2 Å². The molecule has 1 heterocycles. The molecule has 0 amide bonds. The number of halogens is 2. The van der Waals surface area contributed by atoms with Gasteiger partial charge in [0.05, 0.1) is 0 Å². The smallest absolute Gasteiger partial charge is 0.169 e. The summed E-state index contributed by atoms with van der Waals surface area (Å²) >= 11 is 6.85. The van der Waals surface area contributed by atoms with Gasteiger partial charge in [-0.05, 0) is 18.2 Å². The summed E-state index contributed by atoms with van der Waals surface area (Å²) in [4.78, 5) is 14.4. The van der Waals surface area contributed by atoms with Gasteiger partial charge in [-0.15, -0.1) is 11.3 Å². The Morgan fingerprint density at radius 3 is 2.87 bits per heavy atom. The van der Waals surface area contributed by atoms with Crippen molar-refractivity contribution in [3.8, 4) is 10.6 Å². The second-order valence-electron chi connectivity index (χ2n) is 2.82. The van der Waals surface area contributed by atoms with Crippen LogP contribution < -0.4 is 0 Å². The lowest BCUT2D eigenvalue weighted by Crippen LogP contribution is -1.84. The molecule has 2 aromatic rings. The molecule has 0 fully saturated rings. The first-order valence-corrected chi connectivity index (χ1v) is 5.32. The molecule has 15 heavy (non-hydrogen) atoms. The fourth-order valence-corrected chi connectivity index (χ4v) is 2.08. The van der Waals surface area contributed by atoms with Gasteiger partial charge in [0.15, 0.2) is 6.29 Å². The predicted molar refractivity (Wildman–Crippen MR) is 57.9 cm³/mol. The van der Waals surface area contributed by atoms with E-state index in [4.69, 9.17) is 11.6 Å². The normalized spacial score (nSPS) is 10.3. The third kappa shape index (κ3) is 2.06. The number of aromatic nitrogens is 1. The SMILES string of the molecule is O=Cc1csc(-c2ccc(Cl)cc2F)n1. The first-order chi connectivity index (χ1) is 7.20. The van der Waals surface area contributed by atoms with Crippen molar-refractivity contribution in [3.63, 3.8) is 0 Å². The second kappa shape index (κ2) is 4.08. The highest BCUT2D eigenvalue weighted by Gasteiger charge is 2.09. The lowest BCUT2D eigenvalue weighted by atomic mass is 10.2. The van der Waals surface area contributed by atoms with Gasteiger partial charge < -0.3 is 0 Å². The van der Waals surface area contributed by atoms with Crippen LogP contribution in [0.2, 0.25) is 5.02 Å². The van der Waals surface area contributed by atoms with Crippen molar-refractivity contribution in [2.75, 3.05) is 0 Å². The summed E-state index contributed by atoms with van der Waals surface area (Å²) in [5, 5.41) is 2.39. The highest BCUT2D eigenvalue weighted by Crippen LogP contribution is 2.27. The zero-order valence-corrected chi connectivity index (χ0v) is 8.98. The minimum atomic E-state index is -0.436. The summed E-state index contributed by atoms with van der Waals surface area (Å²) in [6, 6.07) is 4.35. The van der Waals surface area contributed by atoms with Crippen LogP contribution in [-0.4, -0.2) is 11.3 Å². The maximum absolute atomic E-state index is 13.4. The molecule has 0 aliphatic carbocycles. The topological polar surface area (TPSA) is 30.0 Å².